The van der Waals surface area contributed by atoms with Crippen LogP contribution < -0.4 is 5.73 Å². The van der Waals surface area contributed by atoms with Crippen LogP contribution in [0.25, 0.3) is 0 Å². The summed E-state index contributed by atoms with van der Waals surface area (Å²) in [5, 5.41) is 0.429. The number of anilines is 1. The largest absolute Gasteiger partial charge is 0.399 e. The van der Waals surface area contributed by atoms with Gasteiger partial charge < -0.3 is 10.6 Å². The Labute approximate surface area is 138 Å². The molecule has 0 saturated heterocycles. The lowest BCUT2D eigenvalue weighted by Gasteiger charge is -2.38. The van der Waals surface area contributed by atoms with Crippen molar-refractivity contribution in [2.24, 2.45) is 5.41 Å². The minimum Gasteiger partial charge on any atom is -0.399 e. The Balaban J connectivity index is 0.00000220. The van der Waals surface area contributed by atoms with Crippen LogP contribution in [0.3, 0.4) is 0 Å². The summed E-state index contributed by atoms with van der Waals surface area (Å²) in [4.78, 5) is 14.4. The minimum atomic E-state index is -0.0142. The summed E-state index contributed by atoms with van der Waals surface area (Å²) in [7, 11) is 1.87. The Morgan fingerprint density at radius 3 is 2.43 bits per heavy atom. The topological polar surface area (TPSA) is 46.3 Å². The molecule has 118 valence electrons. The summed E-state index contributed by atoms with van der Waals surface area (Å²) >= 11 is 6.13. The molecular formula is C16H24Cl2N2O. The summed E-state index contributed by atoms with van der Waals surface area (Å²) in [6.45, 7) is 4.59. The average molecular weight is 331 g/mol. The first-order valence-corrected chi connectivity index (χ1v) is 7.50. The zero-order valence-electron chi connectivity index (χ0n) is 12.9. The number of nitrogen functional groups attached to an aromatic ring is 1. The number of nitrogens with zero attached hydrogens (tertiary/aromatic N) is 1. The normalized spacial score (nSPS) is 17.9. The van der Waals surface area contributed by atoms with Crippen LogP contribution in [0.2, 0.25) is 5.02 Å². The fraction of sp³-hybridized carbons (Fsp3) is 0.562. The van der Waals surface area contributed by atoms with E-state index in [1.54, 1.807) is 18.2 Å². The molecule has 1 saturated carbocycles. The standard InChI is InChI=1S/C16H23ClN2O.ClH/c1-16(2)8-6-12(7-9-16)19(3)15(20)13-5-4-11(18)10-14(13)17;/h4-5,10,12H,6-9,18H2,1-3H3;1H. The van der Waals surface area contributed by atoms with Crippen LogP contribution in [0.5, 0.6) is 0 Å². The molecule has 1 aromatic rings. The third kappa shape index (κ3) is 4.27. The number of hydrogen-bond acceptors (Lipinski definition) is 2. The van der Waals surface area contributed by atoms with Crippen molar-refractivity contribution in [2.45, 2.75) is 45.6 Å². The van der Waals surface area contributed by atoms with Gasteiger partial charge in [0.2, 0.25) is 0 Å². The van der Waals surface area contributed by atoms with E-state index in [2.05, 4.69) is 13.8 Å². The molecule has 2 rings (SSSR count). The molecule has 2 N–H and O–H groups in total. The van der Waals surface area contributed by atoms with Crippen LogP contribution in [-0.4, -0.2) is 23.9 Å². The summed E-state index contributed by atoms with van der Waals surface area (Å²) in [6.07, 6.45) is 4.43. The molecule has 21 heavy (non-hydrogen) atoms. The molecule has 0 atom stereocenters. The number of nitrogens with two attached hydrogens (primary N) is 1. The smallest absolute Gasteiger partial charge is 0.255 e. The predicted octanol–water partition coefficient (Wildman–Crippen LogP) is 4.38. The van der Waals surface area contributed by atoms with E-state index in [0.29, 0.717) is 27.7 Å². The SMILES string of the molecule is CN(C(=O)c1ccc(N)cc1Cl)C1CCC(C)(C)CC1.Cl. The number of hydrogen-bond donors (Lipinski definition) is 1. The first-order valence-electron chi connectivity index (χ1n) is 7.12. The molecule has 0 aromatic heterocycles. The van der Waals surface area contributed by atoms with Gasteiger partial charge >= 0.3 is 0 Å². The van der Waals surface area contributed by atoms with Crippen molar-refractivity contribution in [2.75, 3.05) is 12.8 Å². The molecule has 0 bridgehead atoms. The Morgan fingerprint density at radius 1 is 1.33 bits per heavy atom. The highest BCUT2D eigenvalue weighted by molar-refractivity contribution is 6.34. The second-order valence-electron chi connectivity index (χ2n) is 6.55. The molecule has 0 radical (unpaired) electrons. The molecule has 1 fully saturated rings. The van der Waals surface area contributed by atoms with Crippen molar-refractivity contribution in [1.29, 1.82) is 0 Å². The van der Waals surface area contributed by atoms with Crippen LogP contribution in [-0.2, 0) is 0 Å². The number of halogens is 2. The Hall–Kier alpha value is -0.930. The zero-order chi connectivity index (χ0) is 14.9. The average Bonchev–Trinajstić information content (AvgIpc) is 2.37. The van der Waals surface area contributed by atoms with E-state index in [-0.39, 0.29) is 18.3 Å². The van der Waals surface area contributed by atoms with E-state index in [1.807, 2.05) is 11.9 Å². The molecular weight excluding hydrogens is 307 g/mol. The number of carbonyl (C=O) groups excluding carboxylic acids is 1. The first kappa shape index (κ1) is 18.1. The van der Waals surface area contributed by atoms with Gasteiger partial charge in [-0.15, -0.1) is 12.4 Å². The predicted molar refractivity (Wildman–Crippen MR) is 91.2 cm³/mol. The Morgan fingerprint density at radius 2 is 1.90 bits per heavy atom. The number of amides is 1. The van der Waals surface area contributed by atoms with Crippen molar-refractivity contribution in [3.63, 3.8) is 0 Å². The molecule has 0 spiro atoms. The molecule has 1 aromatic carbocycles. The van der Waals surface area contributed by atoms with E-state index in [0.717, 1.165) is 25.7 Å². The highest BCUT2D eigenvalue weighted by atomic mass is 35.5. The van der Waals surface area contributed by atoms with Crippen molar-refractivity contribution in [1.82, 2.24) is 4.90 Å². The van der Waals surface area contributed by atoms with Crippen LogP contribution in [0.4, 0.5) is 5.69 Å². The maximum absolute atomic E-state index is 12.5. The molecule has 3 nitrogen and oxygen atoms in total. The van der Waals surface area contributed by atoms with E-state index in [1.165, 1.54) is 0 Å². The third-order valence-corrected chi connectivity index (χ3v) is 4.71. The van der Waals surface area contributed by atoms with Gasteiger partial charge in [0.15, 0.2) is 0 Å². The summed E-state index contributed by atoms with van der Waals surface area (Å²) < 4.78 is 0. The van der Waals surface area contributed by atoms with Gasteiger partial charge in [-0.1, -0.05) is 25.4 Å². The van der Waals surface area contributed by atoms with Gasteiger partial charge in [0.25, 0.3) is 5.91 Å². The third-order valence-electron chi connectivity index (χ3n) is 4.40. The molecule has 1 amide bonds. The lowest BCUT2D eigenvalue weighted by atomic mass is 9.75. The van der Waals surface area contributed by atoms with Crippen molar-refractivity contribution in [3.05, 3.63) is 28.8 Å². The summed E-state index contributed by atoms with van der Waals surface area (Å²) in [6, 6.07) is 5.37. The van der Waals surface area contributed by atoms with Gasteiger partial charge in [0.1, 0.15) is 0 Å². The second-order valence-corrected chi connectivity index (χ2v) is 6.96. The second kappa shape index (κ2) is 6.89. The van der Waals surface area contributed by atoms with Gasteiger partial charge in [-0.3, -0.25) is 4.79 Å². The summed E-state index contributed by atoms with van der Waals surface area (Å²) in [5.74, 6) is -0.0142. The molecule has 1 aliphatic carbocycles. The highest BCUT2D eigenvalue weighted by Crippen LogP contribution is 2.37. The first-order chi connectivity index (χ1) is 9.30. The van der Waals surface area contributed by atoms with E-state index >= 15 is 0 Å². The Kier molecular flexibility index (Phi) is 5.94. The van der Waals surface area contributed by atoms with Gasteiger partial charge in [-0.05, 0) is 49.3 Å². The van der Waals surface area contributed by atoms with Gasteiger partial charge in [0, 0.05) is 18.8 Å². The highest BCUT2D eigenvalue weighted by Gasteiger charge is 2.31. The zero-order valence-corrected chi connectivity index (χ0v) is 14.4. The van der Waals surface area contributed by atoms with Crippen LogP contribution in [0.1, 0.15) is 49.9 Å². The van der Waals surface area contributed by atoms with Gasteiger partial charge in [-0.25, -0.2) is 0 Å². The molecule has 0 aliphatic heterocycles. The van der Waals surface area contributed by atoms with E-state index in [9.17, 15) is 4.79 Å². The fourth-order valence-corrected chi connectivity index (χ4v) is 3.10. The lowest BCUT2D eigenvalue weighted by Crippen LogP contribution is -2.40. The summed E-state index contributed by atoms with van der Waals surface area (Å²) in [5.41, 5.74) is 7.18. The van der Waals surface area contributed by atoms with Crippen LogP contribution in [0, 0.1) is 5.41 Å². The monoisotopic (exact) mass is 330 g/mol. The minimum absolute atomic E-state index is 0. The van der Waals surface area contributed by atoms with Crippen LogP contribution in [0.15, 0.2) is 18.2 Å². The Bertz CT molecular complexity index is 507. The maximum atomic E-state index is 12.5. The number of carbonyl (C=O) groups is 1. The van der Waals surface area contributed by atoms with Gasteiger partial charge in [-0.2, -0.15) is 0 Å². The van der Waals surface area contributed by atoms with E-state index in [4.69, 9.17) is 17.3 Å². The van der Waals surface area contributed by atoms with Crippen molar-refractivity contribution < 1.29 is 4.79 Å². The maximum Gasteiger partial charge on any atom is 0.255 e. The van der Waals surface area contributed by atoms with Crippen LogP contribution >= 0.6 is 24.0 Å². The molecule has 0 unspecified atom stereocenters. The number of benzene rings is 1. The quantitative estimate of drug-likeness (QED) is 0.817. The molecule has 1 aliphatic rings. The van der Waals surface area contributed by atoms with Crippen molar-refractivity contribution in [3.8, 4) is 0 Å². The van der Waals surface area contributed by atoms with Crippen molar-refractivity contribution >= 4 is 35.6 Å². The lowest BCUT2D eigenvalue weighted by molar-refractivity contribution is 0.0635. The van der Waals surface area contributed by atoms with E-state index < -0.39 is 0 Å². The molecule has 0 heterocycles. The fourth-order valence-electron chi connectivity index (χ4n) is 2.83. The number of rotatable bonds is 2. The molecule has 5 heteroatoms. The van der Waals surface area contributed by atoms with Gasteiger partial charge in [0.05, 0.1) is 10.6 Å².